The number of hydrogen-bond donors (Lipinski definition) is 1. The van der Waals surface area contributed by atoms with Gasteiger partial charge in [0.05, 0.1) is 24.2 Å². The van der Waals surface area contributed by atoms with E-state index in [1.807, 2.05) is 6.92 Å². The molecule has 5 nitrogen and oxygen atoms in total. The van der Waals surface area contributed by atoms with Gasteiger partial charge < -0.3 is 19.6 Å². The summed E-state index contributed by atoms with van der Waals surface area (Å²) in [6.07, 6.45) is 6.72. The molecule has 1 unspecified atom stereocenters. The Labute approximate surface area is 180 Å². The van der Waals surface area contributed by atoms with Gasteiger partial charge >= 0.3 is 5.97 Å². The summed E-state index contributed by atoms with van der Waals surface area (Å²) in [6, 6.07) is 11.1. The van der Waals surface area contributed by atoms with E-state index >= 15 is 0 Å². The highest BCUT2D eigenvalue weighted by molar-refractivity contribution is 5.85. The minimum atomic E-state index is -0.241. The summed E-state index contributed by atoms with van der Waals surface area (Å²) >= 11 is 0. The van der Waals surface area contributed by atoms with E-state index in [0.29, 0.717) is 12.6 Å². The first-order chi connectivity index (χ1) is 13.6. The minimum absolute atomic E-state index is 0. The Hall–Kier alpha value is -1.30. The number of aliphatic hydroxyl groups excluding tert-OH is 1. The molecule has 6 heteroatoms. The first-order valence-corrected chi connectivity index (χ1v) is 11.1. The number of halogens is 1. The lowest BCUT2D eigenvalue weighted by Gasteiger charge is -2.49. The molecule has 1 aromatic rings. The van der Waals surface area contributed by atoms with Gasteiger partial charge in [-0.25, -0.2) is 0 Å². The number of benzene rings is 1. The second-order valence-electron chi connectivity index (χ2n) is 8.69. The van der Waals surface area contributed by atoms with Crippen LogP contribution < -0.4 is 4.90 Å². The third-order valence-electron chi connectivity index (χ3n) is 7.35. The quantitative estimate of drug-likeness (QED) is 0.751. The topological polar surface area (TPSA) is 53.0 Å². The number of ether oxygens (including phenoxy) is 1. The van der Waals surface area contributed by atoms with Crippen LogP contribution >= 0.6 is 12.4 Å². The Morgan fingerprint density at radius 2 is 1.72 bits per heavy atom. The van der Waals surface area contributed by atoms with E-state index in [9.17, 15) is 9.90 Å². The van der Waals surface area contributed by atoms with Crippen molar-refractivity contribution >= 4 is 24.1 Å². The molecule has 1 saturated carbocycles. The average Bonchev–Trinajstić information content (AvgIpc) is 3.05. The van der Waals surface area contributed by atoms with Crippen LogP contribution in [-0.4, -0.2) is 59.9 Å². The molecule has 2 heterocycles. The van der Waals surface area contributed by atoms with Crippen molar-refractivity contribution in [1.29, 1.82) is 0 Å². The predicted octanol–water partition coefficient (Wildman–Crippen LogP) is 3.64. The van der Waals surface area contributed by atoms with Crippen LogP contribution in [0.4, 0.5) is 5.69 Å². The first-order valence-electron chi connectivity index (χ1n) is 11.1. The largest absolute Gasteiger partial charge is 0.466 e. The summed E-state index contributed by atoms with van der Waals surface area (Å²) in [6.45, 7) is 5.37. The number of piperidine rings is 1. The van der Waals surface area contributed by atoms with Crippen molar-refractivity contribution in [2.24, 2.45) is 5.92 Å². The number of carbonyl (C=O) groups excluding carboxylic acids is 1. The second-order valence-corrected chi connectivity index (χ2v) is 8.69. The van der Waals surface area contributed by atoms with Crippen LogP contribution in [0.3, 0.4) is 0 Å². The van der Waals surface area contributed by atoms with Crippen molar-refractivity contribution in [1.82, 2.24) is 4.90 Å². The molecular weight excluding hydrogens is 388 g/mol. The zero-order chi connectivity index (χ0) is 19.6. The van der Waals surface area contributed by atoms with E-state index in [4.69, 9.17) is 4.74 Å². The van der Waals surface area contributed by atoms with E-state index in [-0.39, 0.29) is 35.9 Å². The molecule has 2 saturated heterocycles. The molecule has 4 rings (SSSR count). The van der Waals surface area contributed by atoms with Crippen molar-refractivity contribution in [3.05, 3.63) is 30.3 Å². The number of carbonyl (C=O) groups is 1. The van der Waals surface area contributed by atoms with Gasteiger partial charge in [-0.2, -0.15) is 0 Å². The van der Waals surface area contributed by atoms with Crippen LogP contribution in [0.25, 0.3) is 0 Å². The minimum Gasteiger partial charge on any atom is -0.466 e. The zero-order valence-electron chi connectivity index (χ0n) is 17.5. The third kappa shape index (κ3) is 4.42. The molecule has 1 aliphatic carbocycles. The highest BCUT2D eigenvalue weighted by Crippen LogP contribution is 2.42. The SMILES string of the molecule is CCOC(=O)C1CCC(N2CCC3(CC2)C(O)CCN3c2ccccc2)CC1.Cl. The van der Waals surface area contributed by atoms with Gasteiger partial charge in [-0.05, 0) is 64.0 Å². The molecule has 0 radical (unpaired) electrons. The van der Waals surface area contributed by atoms with E-state index in [1.165, 1.54) is 5.69 Å². The number of para-hydroxylation sites is 1. The fourth-order valence-corrected chi connectivity index (χ4v) is 5.73. The van der Waals surface area contributed by atoms with Crippen molar-refractivity contribution in [2.45, 2.75) is 69.6 Å². The fourth-order valence-electron chi connectivity index (χ4n) is 5.73. The van der Waals surface area contributed by atoms with Crippen molar-refractivity contribution < 1.29 is 14.6 Å². The smallest absolute Gasteiger partial charge is 0.308 e. The maximum absolute atomic E-state index is 12.0. The van der Waals surface area contributed by atoms with Crippen LogP contribution in [0.2, 0.25) is 0 Å². The van der Waals surface area contributed by atoms with Gasteiger partial charge in [0.25, 0.3) is 0 Å². The molecule has 1 spiro atoms. The lowest BCUT2D eigenvalue weighted by molar-refractivity contribution is -0.149. The average molecular weight is 423 g/mol. The molecule has 0 bridgehead atoms. The first kappa shape index (κ1) is 22.4. The van der Waals surface area contributed by atoms with Gasteiger partial charge in [0.2, 0.25) is 0 Å². The molecule has 0 aromatic heterocycles. The molecule has 3 aliphatic rings. The van der Waals surface area contributed by atoms with Gasteiger partial charge in [0.1, 0.15) is 0 Å². The van der Waals surface area contributed by atoms with Crippen LogP contribution in [0.5, 0.6) is 0 Å². The number of aliphatic hydroxyl groups is 1. The lowest BCUT2D eigenvalue weighted by atomic mass is 9.80. The number of nitrogens with zero attached hydrogens (tertiary/aromatic N) is 2. The van der Waals surface area contributed by atoms with E-state index in [0.717, 1.165) is 64.6 Å². The van der Waals surface area contributed by atoms with Crippen LogP contribution in [0, 0.1) is 5.92 Å². The van der Waals surface area contributed by atoms with E-state index in [2.05, 4.69) is 40.1 Å². The maximum Gasteiger partial charge on any atom is 0.308 e. The number of esters is 1. The van der Waals surface area contributed by atoms with Crippen molar-refractivity contribution in [3.8, 4) is 0 Å². The normalized spacial score (nSPS) is 29.4. The Morgan fingerprint density at radius 1 is 1.07 bits per heavy atom. The van der Waals surface area contributed by atoms with Gasteiger partial charge in [0.15, 0.2) is 0 Å². The van der Waals surface area contributed by atoms with Crippen LogP contribution in [0.15, 0.2) is 30.3 Å². The lowest BCUT2D eigenvalue weighted by Crippen LogP contribution is -2.59. The second kappa shape index (κ2) is 9.67. The van der Waals surface area contributed by atoms with E-state index in [1.54, 1.807) is 0 Å². The van der Waals surface area contributed by atoms with Crippen LogP contribution in [0.1, 0.15) is 51.9 Å². The van der Waals surface area contributed by atoms with Crippen LogP contribution in [-0.2, 0) is 9.53 Å². The Morgan fingerprint density at radius 3 is 2.34 bits per heavy atom. The standard InChI is InChI=1S/C23H34N2O3.ClH/c1-2-28-22(27)18-8-10-19(11-9-18)24-16-13-23(14-17-24)21(26)12-15-25(23)20-6-4-3-5-7-20;/h3-7,18-19,21,26H,2,8-17H2,1H3;1H. The summed E-state index contributed by atoms with van der Waals surface area (Å²) in [7, 11) is 0. The molecule has 3 fully saturated rings. The Bertz CT molecular complexity index is 655. The molecule has 1 aromatic carbocycles. The van der Waals surface area contributed by atoms with Gasteiger partial charge in [-0.1, -0.05) is 18.2 Å². The number of anilines is 1. The molecule has 2 aliphatic heterocycles. The summed E-state index contributed by atoms with van der Waals surface area (Å²) in [5.41, 5.74) is 1.13. The molecule has 29 heavy (non-hydrogen) atoms. The highest BCUT2D eigenvalue weighted by atomic mass is 35.5. The molecule has 1 atom stereocenters. The Kier molecular flexibility index (Phi) is 7.47. The summed E-state index contributed by atoms with van der Waals surface area (Å²) in [5, 5.41) is 10.9. The fraction of sp³-hybridized carbons (Fsp3) is 0.696. The Balaban J connectivity index is 0.00000240. The number of hydrogen-bond acceptors (Lipinski definition) is 5. The third-order valence-corrected chi connectivity index (χ3v) is 7.35. The maximum atomic E-state index is 12.0. The predicted molar refractivity (Wildman–Crippen MR) is 118 cm³/mol. The monoisotopic (exact) mass is 422 g/mol. The number of rotatable bonds is 4. The number of likely N-dealkylation sites (tertiary alicyclic amines) is 1. The summed E-state index contributed by atoms with van der Waals surface area (Å²) in [5.74, 6) is 0.0867. The molecule has 0 amide bonds. The zero-order valence-corrected chi connectivity index (χ0v) is 18.3. The van der Waals surface area contributed by atoms with E-state index < -0.39 is 0 Å². The van der Waals surface area contributed by atoms with Gasteiger partial charge in [-0.3, -0.25) is 4.79 Å². The molecular formula is C23H35ClN2O3. The van der Waals surface area contributed by atoms with Gasteiger partial charge in [0, 0.05) is 31.4 Å². The van der Waals surface area contributed by atoms with Crippen molar-refractivity contribution in [3.63, 3.8) is 0 Å². The summed E-state index contributed by atoms with van der Waals surface area (Å²) < 4.78 is 5.21. The summed E-state index contributed by atoms with van der Waals surface area (Å²) in [4.78, 5) is 17.1. The van der Waals surface area contributed by atoms with Crippen molar-refractivity contribution in [2.75, 3.05) is 31.1 Å². The highest BCUT2D eigenvalue weighted by Gasteiger charge is 2.50. The molecule has 1 N–H and O–H groups in total. The molecule has 162 valence electrons. The van der Waals surface area contributed by atoms with Gasteiger partial charge in [-0.15, -0.1) is 12.4 Å².